The molecule has 4 nitrogen and oxygen atoms in total. The zero-order valence-electron chi connectivity index (χ0n) is 5.56. The Morgan fingerprint density at radius 2 is 2.30 bits per heavy atom. The number of nitrogens with zero attached hydrogens (tertiary/aromatic N) is 1. The van der Waals surface area contributed by atoms with Crippen molar-refractivity contribution >= 4 is 17.1 Å². The van der Waals surface area contributed by atoms with Gasteiger partial charge in [0.15, 0.2) is 0 Å². The van der Waals surface area contributed by atoms with Crippen molar-refractivity contribution in [2.24, 2.45) is 0 Å². The Morgan fingerprint density at radius 1 is 1.60 bits per heavy atom. The van der Waals surface area contributed by atoms with Crippen LogP contribution in [-0.2, 0) is 4.79 Å². The highest BCUT2D eigenvalue weighted by Crippen LogP contribution is 2.47. The predicted octanol–water partition coefficient (Wildman–Crippen LogP) is 0.557. The van der Waals surface area contributed by atoms with E-state index in [-0.39, 0.29) is 6.54 Å². The van der Waals surface area contributed by atoms with Gasteiger partial charge in [-0.05, 0) is 6.42 Å². The molecule has 60 valence electrons. The molecule has 0 spiro atoms. The Bertz CT molecular complexity index is 139. The van der Waals surface area contributed by atoms with Crippen molar-refractivity contribution in [3.63, 3.8) is 0 Å². The lowest BCUT2D eigenvalue weighted by Gasteiger charge is -2.35. The summed E-state index contributed by atoms with van der Waals surface area (Å²) in [4.78, 5) is 10.00. The van der Waals surface area contributed by atoms with E-state index >= 15 is 0 Å². The molecule has 0 aromatic carbocycles. The SMILES string of the molecule is O=CCN1CCCS1(O)O. The first-order valence-corrected chi connectivity index (χ1v) is 4.79. The molecule has 0 aliphatic carbocycles. The lowest BCUT2D eigenvalue weighted by molar-refractivity contribution is -0.108. The van der Waals surface area contributed by atoms with E-state index in [0.29, 0.717) is 18.6 Å². The molecule has 0 atom stereocenters. The summed E-state index contributed by atoms with van der Waals surface area (Å²) in [5.74, 6) is 0.418. The Morgan fingerprint density at radius 3 is 2.70 bits per heavy atom. The molecule has 1 aliphatic rings. The number of aldehydes is 1. The van der Waals surface area contributed by atoms with Gasteiger partial charge in [-0.3, -0.25) is 9.11 Å². The molecule has 10 heavy (non-hydrogen) atoms. The molecular weight excluding hydrogens is 154 g/mol. The summed E-state index contributed by atoms with van der Waals surface area (Å²) in [6, 6.07) is 0. The minimum atomic E-state index is -2.55. The van der Waals surface area contributed by atoms with Crippen LogP contribution >= 0.6 is 10.8 Å². The van der Waals surface area contributed by atoms with Gasteiger partial charge in [0.05, 0.1) is 12.3 Å². The average molecular weight is 165 g/mol. The summed E-state index contributed by atoms with van der Waals surface area (Å²) in [6.45, 7) is 0.767. The number of carbonyl (C=O) groups is 1. The van der Waals surface area contributed by atoms with Gasteiger partial charge in [0, 0.05) is 6.54 Å². The smallest absolute Gasteiger partial charge is 0.135 e. The molecule has 0 aromatic heterocycles. The summed E-state index contributed by atoms with van der Waals surface area (Å²) < 4.78 is 19.8. The normalized spacial score (nSPS) is 28.2. The Labute approximate surface area is 61.3 Å². The van der Waals surface area contributed by atoms with Crippen LogP contribution in [0.15, 0.2) is 0 Å². The molecule has 0 unspecified atom stereocenters. The maximum atomic E-state index is 10.00. The summed E-state index contributed by atoms with van der Waals surface area (Å²) >= 11 is 0. The second-order valence-electron chi connectivity index (χ2n) is 2.24. The lowest BCUT2D eigenvalue weighted by Crippen LogP contribution is -2.24. The number of hydrogen-bond acceptors (Lipinski definition) is 4. The molecule has 0 aromatic rings. The molecule has 1 fully saturated rings. The van der Waals surface area contributed by atoms with Crippen LogP contribution in [0.3, 0.4) is 0 Å². The lowest BCUT2D eigenvalue weighted by atomic mass is 10.5. The van der Waals surface area contributed by atoms with E-state index in [9.17, 15) is 13.9 Å². The molecule has 1 saturated heterocycles. The van der Waals surface area contributed by atoms with Crippen LogP contribution in [0.5, 0.6) is 0 Å². The fourth-order valence-corrected chi connectivity index (χ4v) is 2.50. The van der Waals surface area contributed by atoms with Crippen LogP contribution in [-0.4, -0.2) is 38.5 Å². The predicted molar refractivity (Wildman–Crippen MR) is 40.0 cm³/mol. The quantitative estimate of drug-likeness (QED) is 0.587. The van der Waals surface area contributed by atoms with Crippen molar-refractivity contribution in [1.82, 2.24) is 4.31 Å². The van der Waals surface area contributed by atoms with Gasteiger partial charge < -0.3 is 4.79 Å². The Kier molecular flexibility index (Phi) is 2.30. The molecule has 0 radical (unpaired) electrons. The van der Waals surface area contributed by atoms with Crippen LogP contribution in [0.25, 0.3) is 0 Å². The van der Waals surface area contributed by atoms with Gasteiger partial charge in [0.25, 0.3) is 0 Å². The van der Waals surface area contributed by atoms with E-state index in [1.165, 1.54) is 4.31 Å². The second kappa shape index (κ2) is 2.87. The van der Waals surface area contributed by atoms with E-state index in [4.69, 9.17) is 0 Å². The molecule has 0 amide bonds. The second-order valence-corrected chi connectivity index (χ2v) is 4.43. The van der Waals surface area contributed by atoms with Crippen molar-refractivity contribution in [3.8, 4) is 0 Å². The highest BCUT2D eigenvalue weighted by molar-refractivity contribution is 8.22. The molecule has 1 aliphatic heterocycles. The summed E-state index contributed by atoms with van der Waals surface area (Å²) in [6.07, 6.45) is 1.47. The molecule has 2 N–H and O–H groups in total. The summed E-state index contributed by atoms with van der Waals surface area (Å²) in [5.41, 5.74) is 0. The van der Waals surface area contributed by atoms with Gasteiger partial charge in [0.1, 0.15) is 6.29 Å². The first kappa shape index (κ1) is 8.00. The third-order valence-corrected chi connectivity index (χ3v) is 3.51. The number of hydrogen-bond donors (Lipinski definition) is 2. The van der Waals surface area contributed by atoms with Gasteiger partial charge in [-0.15, -0.1) is 10.8 Å². The van der Waals surface area contributed by atoms with Crippen molar-refractivity contribution < 1.29 is 13.9 Å². The van der Waals surface area contributed by atoms with Crippen LogP contribution in [0, 0.1) is 0 Å². The molecule has 5 heteroatoms. The standard InChI is InChI=1S/C5H11NO3S/c7-4-3-6-2-1-5-10(6,8)9/h4,8-9H,1-3,5H2. The van der Waals surface area contributed by atoms with E-state index in [0.717, 1.165) is 6.42 Å². The van der Waals surface area contributed by atoms with E-state index in [1.807, 2.05) is 0 Å². The van der Waals surface area contributed by atoms with E-state index < -0.39 is 10.8 Å². The van der Waals surface area contributed by atoms with Gasteiger partial charge in [-0.2, -0.15) is 4.31 Å². The Hall–Kier alpha value is -0.100. The summed E-state index contributed by atoms with van der Waals surface area (Å²) in [5, 5.41) is 0. The maximum Gasteiger partial charge on any atom is 0.135 e. The van der Waals surface area contributed by atoms with Crippen molar-refractivity contribution in [2.75, 3.05) is 18.8 Å². The third kappa shape index (κ3) is 1.49. The van der Waals surface area contributed by atoms with Crippen molar-refractivity contribution in [2.45, 2.75) is 6.42 Å². The van der Waals surface area contributed by atoms with E-state index in [2.05, 4.69) is 0 Å². The largest absolute Gasteiger partial charge is 0.302 e. The molecule has 0 bridgehead atoms. The van der Waals surface area contributed by atoms with Gasteiger partial charge in [-0.25, -0.2) is 0 Å². The Balaban J connectivity index is 2.50. The van der Waals surface area contributed by atoms with Crippen molar-refractivity contribution in [3.05, 3.63) is 0 Å². The summed E-state index contributed by atoms with van der Waals surface area (Å²) in [7, 11) is -2.55. The maximum absolute atomic E-state index is 10.00. The average Bonchev–Trinajstić information content (AvgIpc) is 2.13. The third-order valence-electron chi connectivity index (χ3n) is 1.52. The van der Waals surface area contributed by atoms with Crippen LogP contribution in [0.4, 0.5) is 0 Å². The monoisotopic (exact) mass is 165 g/mol. The zero-order valence-corrected chi connectivity index (χ0v) is 6.38. The fourth-order valence-electron chi connectivity index (χ4n) is 1.00. The van der Waals surface area contributed by atoms with Gasteiger partial charge in [0.2, 0.25) is 0 Å². The number of rotatable bonds is 2. The number of carbonyl (C=O) groups excluding carboxylic acids is 1. The first-order valence-electron chi connectivity index (χ1n) is 3.11. The van der Waals surface area contributed by atoms with Crippen molar-refractivity contribution in [1.29, 1.82) is 0 Å². The zero-order chi connectivity index (χ0) is 7.61. The minimum Gasteiger partial charge on any atom is -0.302 e. The topological polar surface area (TPSA) is 60.8 Å². The fraction of sp³-hybridized carbons (Fsp3) is 0.800. The van der Waals surface area contributed by atoms with Crippen LogP contribution < -0.4 is 0 Å². The highest BCUT2D eigenvalue weighted by atomic mass is 32.3. The minimum absolute atomic E-state index is 0.141. The molecule has 1 heterocycles. The van der Waals surface area contributed by atoms with Gasteiger partial charge in [-0.1, -0.05) is 0 Å². The van der Waals surface area contributed by atoms with Crippen LogP contribution in [0.1, 0.15) is 6.42 Å². The van der Waals surface area contributed by atoms with E-state index in [1.54, 1.807) is 0 Å². The van der Waals surface area contributed by atoms with Crippen LogP contribution in [0.2, 0.25) is 0 Å². The molecule has 1 rings (SSSR count). The molecule has 0 saturated carbocycles. The highest BCUT2D eigenvalue weighted by Gasteiger charge is 2.27. The van der Waals surface area contributed by atoms with Gasteiger partial charge >= 0.3 is 0 Å². The molecular formula is C5H11NO3S. The first-order chi connectivity index (χ1) is 4.67.